The molecule has 1 aliphatic heterocycles. The van der Waals surface area contributed by atoms with Crippen molar-refractivity contribution < 1.29 is 13.9 Å². The van der Waals surface area contributed by atoms with E-state index < -0.39 is 0 Å². The predicted molar refractivity (Wildman–Crippen MR) is 62.2 cm³/mol. The third kappa shape index (κ3) is 2.36. The van der Waals surface area contributed by atoms with Crippen LogP contribution in [0.1, 0.15) is 11.7 Å². The van der Waals surface area contributed by atoms with Gasteiger partial charge in [0, 0.05) is 24.7 Å². The summed E-state index contributed by atoms with van der Waals surface area (Å²) in [6, 6.07) is 3.09. The summed E-state index contributed by atoms with van der Waals surface area (Å²) in [5, 5.41) is 3.17. The molecule has 1 fully saturated rings. The Bertz CT molecular complexity index is 380. The number of morpholine rings is 1. The molecule has 16 heavy (non-hydrogen) atoms. The standard InChI is InChI=1S/C11H13BrFNO2/c1-15-10-5-9(13)7(4-8(10)12)11-6-14-2-3-16-11/h4-5,11,14H,2-3,6H2,1H3. The molecular formula is C11H13BrFNO2. The first kappa shape index (κ1) is 11.8. The van der Waals surface area contributed by atoms with E-state index in [1.165, 1.54) is 13.2 Å². The highest BCUT2D eigenvalue weighted by atomic mass is 79.9. The minimum atomic E-state index is -0.297. The second-order valence-corrected chi connectivity index (χ2v) is 4.43. The van der Waals surface area contributed by atoms with Crippen LogP contribution in [0.5, 0.6) is 5.75 Å². The van der Waals surface area contributed by atoms with E-state index >= 15 is 0 Å². The number of ether oxygens (including phenoxy) is 2. The van der Waals surface area contributed by atoms with Gasteiger partial charge in [0.25, 0.3) is 0 Å². The summed E-state index contributed by atoms with van der Waals surface area (Å²) in [5.41, 5.74) is 0.555. The Balaban J connectivity index is 2.29. The fourth-order valence-corrected chi connectivity index (χ4v) is 2.24. The van der Waals surface area contributed by atoms with Crippen LogP contribution in [0.3, 0.4) is 0 Å². The Morgan fingerprint density at radius 2 is 2.38 bits per heavy atom. The Labute approximate surface area is 102 Å². The van der Waals surface area contributed by atoms with Crippen LogP contribution in [-0.4, -0.2) is 26.8 Å². The van der Waals surface area contributed by atoms with Crippen molar-refractivity contribution >= 4 is 15.9 Å². The highest BCUT2D eigenvalue weighted by Gasteiger charge is 2.20. The zero-order valence-electron chi connectivity index (χ0n) is 8.93. The fraction of sp³-hybridized carbons (Fsp3) is 0.455. The number of rotatable bonds is 2. The quantitative estimate of drug-likeness (QED) is 0.906. The summed E-state index contributed by atoms with van der Waals surface area (Å²) in [6.45, 7) is 2.05. The second kappa shape index (κ2) is 5.12. The summed E-state index contributed by atoms with van der Waals surface area (Å²) in [5.74, 6) is 0.193. The zero-order chi connectivity index (χ0) is 11.5. The van der Waals surface area contributed by atoms with E-state index in [0.29, 0.717) is 24.5 Å². The molecule has 1 saturated heterocycles. The molecule has 0 amide bonds. The molecule has 1 atom stereocenters. The van der Waals surface area contributed by atoms with Crippen molar-refractivity contribution in [3.8, 4) is 5.75 Å². The first-order chi connectivity index (χ1) is 7.72. The number of hydrogen-bond donors (Lipinski definition) is 1. The maximum atomic E-state index is 13.8. The largest absolute Gasteiger partial charge is 0.495 e. The van der Waals surface area contributed by atoms with Crippen LogP contribution in [0.15, 0.2) is 16.6 Å². The first-order valence-corrected chi connectivity index (χ1v) is 5.87. The number of halogens is 2. The molecule has 5 heteroatoms. The Morgan fingerprint density at radius 1 is 1.56 bits per heavy atom. The fourth-order valence-electron chi connectivity index (χ4n) is 1.71. The average Bonchev–Trinajstić information content (AvgIpc) is 2.32. The molecule has 1 unspecified atom stereocenters. The van der Waals surface area contributed by atoms with Gasteiger partial charge in [-0.15, -0.1) is 0 Å². The third-order valence-corrected chi connectivity index (χ3v) is 3.17. The molecule has 0 aliphatic carbocycles. The van der Waals surface area contributed by atoms with Crippen molar-refractivity contribution in [2.45, 2.75) is 6.10 Å². The van der Waals surface area contributed by atoms with Gasteiger partial charge in [0.1, 0.15) is 11.6 Å². The van der Waals surface area contributed by atoms with Crippen molar-refractivity contribution in [3.63, 3.8) is 0 Å². The SMILES string of the molecule is COc1cc(F)c(C2CNCCO2)cc1Br. The van der Waals surface area contributed by atoms with Crippen LogP contribution in [0.25, 0.3) is 0 Å². The molecule has 3 nitrogen and oxygen atoms in total. The Morgan fingerprint density at radius 3 is 3.00 bits per heavy atom. The zero-order valence-corrected chi connectivity index (χ0v) is 10.5. The van der Waals surface area contributed by atoms with E-state index in [2.05, 4.69) is 21.2 Å². The lowest BCUT2D eigenvalue weighted by atomic mass is 10.1. The smallest absolute Gasteiger partial charge is 0.135 e. The molecule has 0 bridgehead atoms. The summed E-state index contributed by atoms with van der Waals surface area (Å²) in [6.07, 6.45) is -0.226. The van der Waals surface area contributed by atoms with Crippen molar-refractivity contribution in [1.82, 2.24) is 5.32 Å². The minimum Gasteiger partial charge on any atom is -0.495 e. The van der Waals surface area contributed by atoms with Gasteiger partial charge in [-0.1, -0.05) is 0 Å². The summed E-state index contributed by atoms with van der Waals surface area (Å²) in [4.78, 5) is 0. The van der Waals surface area contributed by atoms with Crippen molar-refractivity contribution in [3.05, 3.63) is 28.0 Å². The molecule has 0 radical (unpaired) electrons. The summed E-state index contributed by atoms with van der Waals surface area (Å²) in [7, 11) is 1.51. The predicted octanol–water partition coefficient (Wildman–Crippen LogP) is 2.26. The van der Waals surface area contributed by atoms with Crippen molar-refractivity contribution in [1.29, 1.82) is 0 Å². The highest BCUT2D eigenvalue weighted by Crippen LogP contribution is 2.32. The summed E-state index contributed by atoms with van der Waals surface area (Å²) < 4.78 is 25.1. The van der Waals surface area contributed by atoms with Crippen LogP contribution in [-0.2, 0) is 4.74 Å². The topological polar surface area (TPSA) is 30.5 Å². The van der Waals surface area contributed by atoms with Gasteiger partial charge in [-0.25, -0.2) is 4.39 Å². The average molecular weight is 290 g/mol. The van der Waals surface area contributed by atoms with E-state index in [1.54, 1.807) is 6.07 Å². The van der Waals surface area contributed by atoms with Gasteiger partial charge in [-0.05, 0) is 22.0 Å². The van der Waals surface area contributed by atoms with Crippen LogP contribution >= 0.6 is 15.9 Å². The Hall–Kier alpha value is -0.650. The van der Waals surface area contributed by atoms with Crippen molar-refractivity contribution in [2.75, 3.05) is 26.8 Å². The molecular weight excluding hydrogens is 277 g/mol. The molecule has 1 aliphatic rings. The third-order valence-electron chi connectivity index (χ3n) is 2.55. The van der Waals surface area contributed by atoms with Crippen LogP contribution in [0.4, 0.5) is 4.39 Å². The van der Waals surface area contributed by atoms with Gasteiger partial charge >= 0.3 is 0 Å². The number of benzene rings is 1. The maximum Gasteiger partial charge on any atom is 0.135 e. The number of nitrogens with one attached hydrogen (secondary N) is 1. The molecule has 0 saturated carbocycles. The molecule has 0 spiro atoms. The lowest BCUT2D eigenvalue weighted by Crippen LogP contribution is -2.33. The van der Waals surface area contributed by atoms with Gasteiger partial charge in [-0.3, -0.25) is 0 Å². The molecule has 88 valence electrons. The first-order valence-electron chi connectivity index (χ1n) is 5.07. The van der Waals surface area contributed by atoms with Gasteiger partial charge in [-0.2, -0.15) is 0 Å². The Kier molecular flexibility index (Phi) is 3.78. The number of methoxy groups -OCH3 is 1. The van der Waals surface area contributed by atoms with Gasteiger partial charge < -0.3 is 14.8 Å². The van der Waals surface area contributed by atoms with Gasteiger partial charge in [0.15, 0.2) is 0 Å². The van der Waals surface area contributed by atoms with E-state index in [4.69, 9.17) is 9.47 Å². The van der Waals surface area contributed by atoms with E-state index in [1.807, 2.05) is 0 Å². The molecule has 1 aromatic rings. The lowest BCUT2D eigenvalue weighted by Gasteiger charge is -2.24. The number of hydrogen-bond acceptors (Lipinski definition) is 3. The van der Waals surface area contributed by atoms with E-state index in [0.717, 1.165) is 11.0 Å². The lowest BCUT2D eigenvalue weighted by molar-refractivity contribution is 0.0254. The van der Waals surface area contributed by atoms with Crippen molar-refractivity contribution in [2.24, 2.45) is 0 Å². The van der Waals surface area contributed by atoms with Crippen LogP contribution in [0.2, 0.25) is 0 Å². The van der Waals surface area contributed by atoms with Crippen LogP contribution < -0.4 is 10.1 Å². The van der Waals surface area contributed by atoms with E-state index in [-0.39, 0.29) is 11.9 Å². The molecule has 1 aromatic carbocycles. The monoisotopic (exact) mass is 289 g/mol. The highest BCUT2D eigenvalue weighted by molar-refractivity contribution is 9.10. The normalized spacial score (nSPS) is 20.8. The molecule has 1 heterocycles. The maximum absolute atomic E-state index is 13.8. The second-order valence-electron chi connectivity index (χ2n) is 3.57. The van der Waals surface area contributed by atoms with Crippen LogP contribution in [0, 0.1) is 5.82 Å². The minimum absolute atomic E-state index is 0.226. The van der Waals surface area contributed by atoms with Gasteiger partial charge in [0.2, 0.25) is 0 Å². The van der Waals surface area contributed by atoms with E-state index in [9.17, 15) is 4.39 Å². The molecule has 2 rings (SSSR count). The molecule has 0 aromatic heterocycles. The molecule has 1 N–H and O–H groups in total. The van der Waals surface area contributed by atoms with Gasteiger partial charge in [0.05, 0.1) is 24.3 Å². The summed E-state index contributed by atoms with van der Waals surface area (Å²) >= 11 is 3.34.